The van der Waals surface area contributed by atoms with Gasteiger partial charge in [0.15, 0.2) is 5.78 Å². The molecular weight excluding hydrogens is 781 g/mol. The molecule has 6 unspecified atom stereocenters. The molecule has 18 nitrogen and oxygen atoms in total. The summed E-state index contributed by atoms with van der Waals surface area (Å²) in [5, 5.41) is 29.1. The summed E-state index contributed by atoms with van der Waals surface area (Å²) in [5.41, 5.74) is 5.43. The zero-order valence-corrected chi connectivity index (χ0v) is 33.9. The van der Waals surface area contributed by atoms with E-state index in [1.165, 1.54) is 19.1 Å². The van der Waals surface area contributed by atoms with E-state index < -0.39 is 114 Å². The van der Waals surface area contributed by atoms with Crippen molar-refractivity contribution in [2.45, 2.75) is 102 Å². The van der Waals surface area contributed by atoms with Crippen molar-refractivity contribution in [1.29, 1.82) is 0 Å². The Morgan fingerprint density at radius 3 is 2.24 bits per heavy atom. The van der Waals surface area contributed by atoms with Gasteiger partial charge in [-0.3, -0.25) is 38.4 Å². The Labute approximate surface area is 332 Å². The summed E-state index contributed by atoms with van der Waals surface area (Å²) in [5.74, 6) is -8.72. The van der Waals surface area contributed by atoms with Crippen molar-refractivity contribution < 1.29 is 58.1 Å². The molecule has 6 atom stereocenters. The van der Waals surface area contributed by atoms with Gasteiger partial charge in [0, 0.05) is 24.2 Å². The predicted molar refractivity (Wildman–Crippen MR) is 208 cm³/mol. The van der Waals surface area contributed by atoms with E-state index in [4.69, 9.17) is 20.7 Å². The van der Waals surface area contributed by atoms with Gasteiger partial charge in [-0.25, -0.2) is 4.79 Å². The van der Waals surface area contributed by atoms with Gasteiger partial charge in [0.05, 0.1) is 6.42 Å². The predicted octanol–water partition coefficient (Wildman–Crippen LogP) is 0.0665. The number of carboxylic acids is 2. The molecular formula is C34H52N6O12S3. The lowest BCUT2D eigenvalue weighted by atomic mass is 10.0. The van der Waals surface area contributed by atoms with Crippen molar-refractivity contribution >= 4 is 87.4 Å². The number of carbonyl (C=O) groups excluding carboxylic acids is 7. The van der Waals surface area contributed by atoms with Crippen molar-refractivity contribution in [3.63, 3.8) is 0 Å². The molecule has 1 aliphatic heterocycles. The van der Waals surface area contributed by atoms with E-state index in [0.717, 1.165) is 21.6 Å². The topological polar surface area (TPSA) is 289 Å². The molecule has 5 amide bonds. The van der Waals surface area contributed by atoms with Crippen LogP contribution in [0.2, 0.25) is 0 Å². The second-order valence-corrected chi connectivity index (χ2v) is 16.0. The largest absolute Gasteiger partial charge is 0.480 e. The van der Waals surface area contributed by atoms with Crippen LogP contribution < -0.4 is 32.3 Å². The minimum atomic E-state index is -1.39. The fourth-order valence-corrected chi connectivity index (χ4v) is 7.28. The molecule has 9 N–H and O–H groups in total. The van der Waals surface area contributed by atoms with E-state index in [1.807, 2.05) is 0 Å². The van der Waals surface area contributed by atoms with Crippen LogP contribution in [0.25, 0.3) is 0 Å². The number of hydrogen-bond donors (Lipinski definition) is 9. The van der Waals surface area contributed by atoms with E-state index in [1.54, 1.807) is 33.8 Å². The summed E-state index contributed by atoms with van der Waals surface area (Å²) in [6, 6.07) is -5.04. The summed E-state index contributed by atoms with van der Waals surface area (Å²) in [4.78, 5) is 115. The fraction of sp³-hybridized carbons (Fsp3) is 0.618. The molecule has 308 valence electrons. The second-order valence-electron chi connectivity index (χ2n) is 13.0. The number of cyclic esters (lactones) is 1. The van der Waals surface area contributed by atoms with Crippen LogP contribution in [0.3, 0.4) is 0 Å². The van der Waals surface area contributed by atoms with Gasteiger partial charge < -0.3 is 47.3 Å². The maximum Gasteiger partial charge on any atom is 0.329 e. The number of allylic oxidation sites excluding steroid dienone is 2. The van der Waals surface area contributed by atoms with Gasteiger partial charge in [0.2, 0.25) is 29.5 Å². The molecule has 0 bridgehead atoms. The quantitative estimate of drug-likeness (QED) is 0.0308. The van der Waals surface area contributed by atoms with Gasteiger partial charge in [0.1, 0.15) is 42.2 Å². The number of carboxylic acid groups (broad SMARTS) is 2. The minimum absolute atomic E-state index is 0.0305. The Morgan fingerprint density at radius 1 is 1.02 bits per heavy atom. The molecule has 0 aromatic carbocycles. The lowest BCUT2D eigenvalue weighted by molar-refractivity contribution is -0.153. The number of ketones is 1. The van der Waals surface area contributed by atoms with Gasteiger partial charge in [-0.05, 0) is 43.4 Å². The average Bonchev–Trinajstić information content (AvgIpc) is 3.10. The van der Waals surface area contributed by atoms with Gasteiger partial charge in [-0.15, -0.1) is 0 Å². The first-order valence-corrected chi connectivity index (χ1v) is 20.4. The molecule has 0 aromatic rings. The maximum atomic E-state index is 13.8. The highest BCUT2D eigenvalue weighted by atomic mass is 33.1. The summed E-state index contributed by atoms with van der Waals surface area (Å²) in [6.07, 6.45) is 2.56. The molecule has 0 saturated carbocycles. The van der Waals surface area contributed by atoms with Crippen LogP contribution in [0.15, 0.2) is 23.8 Å². The van der Waals surface area contributed by atoms with Crippen molar-refractivity contribution in [2.75, 3.05) is 18.1 Å². The third kappa shape index (κ3) is 18.4. The lowest BCUT2D eigenvalue weighted by Gasteiger charge is -2.27. The zero-order chi connectivity index (χ0) is 41.8. The Bertz CT molecular complexity index is 1470. The number of nitrogens with one attached hydrogen (secondary N) is 5. The van der Waals surface area contributed by atoms with Crippen molar-refractivity contribution in [2.24, 2.45) is 17.6 Å². The standard InChI is InChI=1S/C34H52N6O12S3/c1-6-19-13-23(41)32(55-54-16-22(30(47)36-15-26(44)45)37-24(42)11-10-21(35)33(49)50)40-31(48)27(17(2)3)38-25(43)14-20(9-7-8-12-53)52-34(51)28(18(4)5)39-29(19)46/h6-7,9,17-18,20-22,27-28,32,53H,8,10-16,35H2,1-5H3,(H,36,47)(H,37,42)(H,38,43)(H,39,46)(H,40,48)(H,44,45)(H,49,50)/b9-7+,19-6+. The Kier molecular flexibility index (Phi) is 22.4. The summed E-state index contributed by atoms with van der Waals surface area (Å²) in [7, 11) is 1.62. The van der Waals surface area contributed by atoms with Gasteiger partial charge in [-0.2, -0.15) is 12.6 Å². The van der Waals surface area contributed by atoms with Crippen LogP contribution in [-0.4, -0.2) is 117 Å². The highest BCUT2D eigenvalue weighted by molar-refractivity contribution is 8.77. The molecule has 1 aliphatic rings. The maximum absolute atomic E-state index is 13.8. The third-order valence-corrected chi connectivity index (χ3v) is 10.6. The lowest BCUT2D eigenvalue weighted by Crippen LogP contribution is -2.54. The Hall–Kier alpha value is -4.08. The fourth-order valence-electron chi connectivity index (χ4n) is 4.67. The summed E-state index contributed by atoms with van der Waals surface area (Å²) in [6.45, 7) is 7.42. The van der Waals surface area contributed by atoms with Gasteiger partial charge in [-0.1, -0.05) is 61.4 Å². The van der Waals surface area contributed by atoms with Crippen LogP contribution >= 0.6 is 34.2 Å². The van der Waals surface area contributed by atoms with E-state index in [-0.39, 0.29) is 30.6 Å². The molecule has 21 heteroatoms. The van der Waals surface area contributed by atoms with Crippen molar-refractivity contribution in [1.82, 2.24) is 26.6 Å². The summed E-state index contributed by atoms with van der Waals surface area (Å²) < 4.78 is 5.65. The first kappa shape index (κ1) is 48.9. The third-order valence-electron chi connectivity index (χ3n) is 7.81. The molecule has 1 rings (SSSR count). The number of amides is 5. The summed E-state index contributed by atoms with van der Waals surface area (Å²) >= 11 is 4.17. The first-order chi connectivity index (χ1) is 25.8. The van der Waals surface area contributed by atoms with E-state index in [2.05, 4.69) is 39.2 Å². The molecule has 0 aromatic heterocycles. The van der Waals surface area contributed by atoms with Crippen LogP contribution in [0.1, 0.15) is 66.7 Å². The van der Waals surface area contributed by atoms with Gasteiger partial charge in [0.25, 0.3) is 0 Å². The highest BCUT2D eigenvalue weighted by Crippen LogP contribution is 2.29. The molecule has 55 heavy (non-hydrogen) atoms. The van der Waals surface area contributed by atoms with Gasteiger partial charge >= 0.3 is 17.9 Å². The number of nitrogens with two attached hydrogens (primary N) is 1. The number of rotatable bonds is 17. The van der Waals surface area contributed by atoms with E-state index >= 15 is 0 Å². The van der Waals surface area contributed by atoms with Crippen LogP contribution in [0.4, 0.5) is 0 Å². The average molecular weight is 833 g/mol. The molecule has 1 saturated heterocycles. The number of carbonyl (C=O) groups is 9. The highest BCUT2D eigenvalue weighted by Gasteiger charge is 2.34. The molecule has 0 spiro atoms. The van der Waals surface area contributed by atoms with Crippen LogP contribution in [-0.2, 0) is 47.9 Å². The van der Waals surface area contributed by atoms with E-state index in [0.29, 0.717) is 12.2 Å². The zero-order valence-electron chi connectivity index (χ0n) is 31.3. The molecule has 0 radical (unpaired) electrons. The normalized spacial score (nSPS) is 22.4. The van der Waals surface area contributed by atoms with E-state index in [9.17, 15) is 43.2 Å². The Balaban J connectivity index is 3.48. The van der Waals surface area contributed by atoms with Crippen LogP contribution in [0, 0.1) is 11.8 Å². The Morgan fingerprint density at radius 2 is 1.67 bits per heavy atom. The number of esters is 1. The number of ether oxygens (including phenoxy) is 1. The molecule has 0 aliphatic carbocycles. The first-order valence-electron chi connectivity index (χ1n) is 17.4. The number of aliphatic carboxylic acids is 2. The number of thiol groups is 1. The van der Waals surface area contributed by atoms with Crippen molar-refractivity contribution in [3.8, 4) is 0 Å². The molecule has 1 fully saturated rings. The van der Waals surface area contributed by atoms with Crippen molar-refractivity contribution in [3.05, 3.63) is 23.8 Å². The number of hydrogen-bond acceptors (Lipinski definition) is 14. The number of Topliss-reactive ketones (excluding diaryl/α,β-unsaturated/α-hetero) is 1. The van der Waals surface area contributed by atoms with Crippen LogP contribution in [0.5, 0.6) is 0 Å². The minimum Gasteiger partial charge on any atom is -0.480 e. The second kappa shape index (κ2) is 25.2. The monoisotopic (exact) mass is 832 g/mol. The SMILES string of the molecule is C/C=C1\CC(=O)C(SSCC(NC(=O)CCC(N)C(=O)O)C(=O)NCC(=O)O)NC(=O)C(C(C)C)NC(=O)CC(/C=C/CCS)OC(=O)C(C(C)C)NC1=O. The molecule has 1 heterocycles. The smallest absolute Gasteiger partial charge is 0.329 e.